The van der Waals surface area contributed by atoms with Crippen molar-refractivity contribution in [3.05, 3.63) is 88.9 Å². The van der Waals surface area contributed by atoms with E-state index < -0.39 is 45.6 Å². The van der Waals surface area contributed by atoms with Gasteiger partial charge in [0.1, 0.15) is 15.9 Å². The molecule has 3 N–H and O–H groups in total. The van der Waals surface area contributed by atoms with Gasteiger partial charge in [0, 0.05) is 11.3 Å². The normalized spacial score (nSPS) is 12.7. The molecule has 0 spiro atoms. The lowest BCUT2D eigenvalue weighted by molar-refractivity contribution is -0.140. The van der Waals surface area contributed by atoms with E-state index in [1.165, 1.54) is 24.3 Å². The number of sulfonamides is 1. The predicted molar refractivity (Wildman–Crippen MR) is 154 cm³/mol. The first-order valence-corrected chi connectivity index (χ1v) is 14.9. The molecule has 1 aromatic heterocycles. The summed E-state index contributed by atoms with van der Waals surface area (Å²) in [4.78, 5) is 28.9. The van der Waals surface area contributed by atoms with Crippen LogP contribution in [0.3, 0.4) is 0 Å². The molecule has 42 heavy (non-hydrogen) atoms. The highest BCUT2D eigenvalue weighted by Crippen LogP contribution is 2.33. The van der Waals surface area contributed by atoms with Gasteiger partial charge in [-0.1, -0.05) is 50.2 Å². The molecule has 0 fully saturated rings. The summed E-state index contributed by atoms with van der Waals surface area (Å²) in [5.74, 6) is -2.13. The maximum atomic E-state index is 12.9. The number of carbonyl (C=O) groups excluding carboxylic acids is 1. The summed E-state index contributed by atoms with van der Waals surface area (Å²) in [5.41, 5.74) is 2.07. The molecule has 1 atom stereocenters. The third-order valence-electron chi connectivity index (χ3n) is 6.32. The minimum Gasteiger partial charge on any atom is -0.480 e. The van der Waals surface area contributed by atoms with Crippen molar-refractivity contribution in [3.8, 4) is 21.7 Å². The summed E-state index contributed by atoms with van der Waals surface area (Å²) in [6, 6.07) is 16.1. The Bertz CT molecular complexity index is 1700. The molecular weight excluding hydrogens is 591 g/mol. The number of thiazole rings is 1. The van der Waals surface area contributed by atoms with Crippen molar-refractivity contribution in [1.82, 2.24) is 9.71 Å². The van der Waals surface area contributed by atoms with Crippen LogP contribution in [0.4, 0.5) is 18.9 Å². The average Bonchev–Trinajstić information content (AvgIpc) is 3.33. The summed E-state index contributed by atoms with van der Waals surface area (Å²) < 4.78 is 66.1. The highest BCUT2D eigenvalue weighted by Gasteiger charge is 2.30. The van der Waals surface area contributed by atoms with Crippen LogP contribution >= 0.6 is 11.3 Å². The second kappa shape index (κ2) is 12.0. The highest BCUT2D eigenvalue weighted by molar-refractivity contribution is 7.89. The third kappa shape index (κ3) is 7.04. The van der Waals surface area contributed by atoms with E-state index in [0.717, 1.165) is 29.0 Å². The monoisotopic (exact) mass is 617 g/mol. The molecule has 220 valence electrons. The lowest BCUT2D eigenvalue weighted by Gasteiger charge is -2.18. The van der Waals surface area contributed by atoms with Crippen molar-refractivity contribution in [2.24, 2.45) is 5.92 Å². The number of halogens is 3. The summed E-state index contributed by atoms with van der Waals surface area (Å²) in [6.07, 6.45) is -4.44. The molecule has 0 saturated carbocycles. The third-order valence-corrected chi connectivity index (χ3v) is 8.98. The number of rotatable bonds is 9. The Morgan fingerprint density at radius 2 is 1.40 bits per heavy atom. The molecule has 0 radical (unpaired) electrons. The maximum Gasteiger partial charge on any atom is 0.416 e. The summed E-state index contributed by atoms with van der Waals surface area (Å²) >= 11 is 1.07. The van der Waals surface area contributed by atoms with Crippen LogP contribution in [-0.2, 0) is 21.0 Å². The lowest BCUT2D eigenvalue weighted by atomic mass is 10.1. The average molecular weight is 618 g/mol. The van der Waals surface area contributed by atoms with Crippen molar-refractivity contribution in [3.63, 3.8) is 0 Å². The first-order valence-electron chi connectivity index (χ1n) is 12.6. The van der Waals surface area contributed by atoms with E-state index in [2.05, 4.69) is 15.0 Å². The fraction of sp³-hybridized carbons (Fsp3) is 0.207. The van der Waals surface area contributed by atoms with Crippen LogP contribution in [0, 0.1) is 12.8 Å². The van der Waals surface area contributed by atoms with Gasteiger partial charge >= 0.3 is 12.1 Å². The van der Waals surface area contributed by atoms with Crippen LogP contribution in [0.2, 0.25) is 0 Å². The number of carboxylic acids is 1. The minimum absolute atomic E-state index is 0.0716. The second-order valence-corrected chi connectivity index (χ2v) is 12.5. The van der Waals surface area contributed by atoms with Crippen molar-refractivity contribution < 1.29 is 36.3 Å². The summed E-state index contributed by atoms with van der Waals surface area (Å²) in [5, 5.41) is 12.5. The molecule has 0 aliphatic rings. The molecule has 1 heterocycles. The molecule has 4 rings (SSSR count). The van der Waals surface area contributed by atoms with Gasteiger partial charge in [0.25, 0.3) is 5.91 Å². The number of aliphatic carboxylic acids is 1. The number of hydrogen-bond donors (Lipinski definition) is 3. The fourth-order valence-electron chi connectivity index (χ4n) is 4.00. The minimum atomic E-state index is -4.44. The molecule has 0 unspecified atom stereocenters. The van der Waals surface area contributed by atoms with Crippen LogP contribution in [0.5, 0.6) is 0 Å². The summed E-state index contributed by atoms with van der Waals surface area (Å²) in [6.45, 7) is 4.86. The molecule has 1 amide bonds. The SMILES string of the molecule is Cc1nc(-c2ccc(C(F)(F)F)cc2)sc1C(=O)Nc1ccc(-c2ccc(S(=O)(=O)N[C@H](C(=O)O)C(C)C)cc2)cc1. The largest absolute Gasteiger partial charge is 0.480 e. The predicted octanol–water partition coefficient (Wildman–Crippen LogP) is 6.44. The Balaban J connectivity index is 1.44. The topological polar surface area (TPSA) is 125 Å². The van der Waals surface area contributed by atoms with Gasteiger partial charge in [-0.15, -0.1) is 11.3 Å². The van der Waals surface area contributed by atoms with Gasteiger partial charge in [0.05, 0.1) is 16.2 Å². The number of carbonyl (C=O) groups is 2. The van der Waals surface area contributed by atoms with Gasteiger partial charge in [-0.3, -0.25) is 9.59 Å². The molecular formula is C29H26F3N3O5S2. The molecule has 4 aromatic rings. The number of hydrogen-bond acceptors (Lipinski definition) is 6. The molecule has 0 aliphatic carbocycles. The Kier molecular flexibility index (Phi) is 8.85. The van der Waals surface area contributed by atoms with Crippen molar-refractivity contribution in [2.75, 3.05) is 5.32 Å². The van der Waals surface area contributed by atoms with E-state index in [9.17, 15) is 36.3 Å². The Labute approximate surface area is 244 Å². The zero-order valence-electron chi connectivity index (χ0n) is 22.6. The van der Waals surface area contributed by atoms with Gasteiger partial charge in [-0.05, 0) is 60.4 Å². The fourth-order valence-corrected chi connectivity index (χ4v) is 6.30. The van der Waals surface area contributed by atoms with E-state index in [-0.39, 0.29) is 4.90 Å². The number of alkyl halides is 3. The second-order valence-electron chi connectivity index (χ2n) is 9.75. The Hall–Kier alpha value is -4.07. The van der Waals surface area contributed by atoms with Crippen molar-refractivity contribution in [1.29, 1.82) is 0 Å². The van der Waals surface area contributed by atoms with Crippen molar-refractivity contribution >= 4 is 38.9 Å². The van der Waals surface area contributed by atoms with E-state index in [0.29, 0.717) is 32.4 Å². The Morgan fingerprint density at radius 1 is 0.881 bits per heavy atom. The summed E-state index contributed by atoms with van der Waals surface area (Å²) in [7, 11) is -4.05. The molecule has 8 nitrogen and oxygen atoms in total. The molecule has 0 aliphatic heterocycles. The lowest BCUT2D eigenvalue weighted by Crippen LogP contribution is -2.44. The number of aromatic nitrogens is 1. The van der Waals surface area contributed by atoms with Crippen LogP contribution in [0.25, 0.3) is 21.7 Å². The van der Waals surface area contributed by atoms with Gasteiger partial charge in [0.15, 0.2) is 0 Å². The molecule has 0 bridgehead atoms. The van der Waals surface area contributed by atoms with Crippen molar-refractivity contribution in [2.45, 2.75) is 37.9 Å². The maximum absolute atomic E-state index is 12.9. The number of nitrogens with zero attached hydrogens (tertiary/aromatic N) is 1. The van der Waals surface area contributed by atoms with E-state index in [1.54, 1.807) is 57.2 Å². The smallest absolute Gasteiger partial charge is 0.416 e. The van der Waals surface area contributed by atoms with E-state index in [1.807, 2.05) is 0 Å². The van der Waals surface area contributed by atoms with Crippen LogP contribution in [-0.4, -0.2) is 36.4 Å². The van der Waals surface area contributed by atoms with Gasteiger partial charge in [-0.25, -0.2) is 13.4 Å². The van der Waals surface area contributed by atoms with Crippen LogP contribution in [0.1, 0.15) is 34.8 Å². The van der Waals surface area contributed by atoms with Crippen LogP contribution in [0.15, 0.2) is 77.7 Å². The molecule has 13 heteroatoms. The van der Waals surface area contributed by atoms with Crippen LogP contribution < -0.4 is 10.0 Å². The quantitative estimate of drug-likeness (QED) is 0.198. The van der Waals surface area contributed by atoms with Gasteiger partial charge in [0.2, 0.25) is 10.0 Å². The number of carboxylic acid groups (broad SMARTS) is 1. The Morgan fingerprint density at radius 3 is 1.90 bits per heavy atom. The number of anilines is 1. The first kappa shape index (κ1) is 30.9. The molecule has 3 aromatic carbocycles. The number of benzene rings is 3. The highest BCUT2D eigenvalue weighted by atomic mass is 32.2. The van der Waals surface area contributed by atoms with Gasteiger partial charge < -0.3 is 10.4 Å². The number of aryl methyl sites for hydroxylation is 1. The zero-order valence-corrected chi connectivity index (χ0v) is 24.2. The number of amides is 1. The molecule has 0 saturated heterocycles. The van der Waals surface area contributed by atoms with E-state index >= 15 is 0 Å². The van der Waals surface area contributed by atoms with E-state index in [4.69, 9.17) is 0 Å². The number of nitrogens with one attached hydrogen (secondary N) is 2. The standard InChI is InChI=1S/C29H26F3N3O5S2/c1-16(2)24(28(37)38)35-42(39,40)23-14-8-19(9-15-23)18-6-12-22(13-7-18)34-26(36)25-17(3)33-27(41-25)20-4-10-21(11-5-20)29(30,31)32/h4-16,24,35H,1-3H3,(H,34,36)(H,37,38)/t24-/m0/s1. The zero-order chi connectivity index (χ0) is 30.8. The van der Waals surface area contributed by atoms with Gasteiger partial charge in [-0.2, -0.15) is 17.9 Å². The first-order chi connectivity index (χ1) is 19.7.